The van der Waals surface area contributed by atoms with Crippen LogP contribution >= 0.6 is 11.3 Å². The van der Waals surface area contributed by atoms with Gasteiger partial charge in [-0.3, -0.25) is 9.78 Å². The van der Waals surface area contributed by atoms with Crippen molar-refractivity contribution in [3.05, 3.63) is 35.2 Å². The summed E-state index contributed by atoms with van der Waals surface area (Å²) in [6.07, 6.45) is 5.94. The van der Waals surface area contributed by atoms with Gasteiger partial charge in [-0.15, -0.1) is 11.3 Å². The number of likely N-dealkylation sites (tertiary alicyclic amines) is 1. The van der Waals surface area contributed by atoms with Crippen LogP contribution in [0.4, 0.5) is 11.6 Å². The van der Waals surface area contributed by atoms with Crippen LogP contribution < -0.4 is 10.6 Å². The number of rotatable bonds is 10. The van der Waals surface area contributed by atoms with E-state index < -0.39 is 0 Å². The van der Waals surface area contributed by atoms with Crippen LogP contribution in [0.5, 0.6) is 0 Å². The highest BCUT2D eigenvalue weighted by Gasteiger charge is 2.32. The molecule has 4 rings (SSSR count). The average molecular weight is 471 g/mol. The van der Waals surface area contributed by atoms with Gasteiger partial charge in [-0.2, -0.15) is 0 Å². The second-order valence-electron chi connectivity index (χ2n) is 8.18. The number of ether oxygens (including phenoxy) is 1. The van der Waals surface area contributed by atoms with Gasteiger partial charge in [0.15, 0.2) is 0 Å². The molecule has 1 aliphatic heterocycles. The van der Waals surface area contributed by atoms with Gasteiger partial charge in [-0.05, 0) is 13.0 Å². The molecule has 1 unspecified atom stereocenters. The summed E-state index contributed by atoms with van der Waals surface area (Å²) in [6, 6.07) is 1.90. The standard InChI is InChI=1S/C22H30N8O2S/c1-29(2)22(31)20-18(19-21(33-20)26-6-5-25-19)15-4-9-30(13-15)10-7-23-16-12-17(28-14-27-16)24-8-11-32-3/h5-6,12,14-15H,4,7-11,13H2,1-3H3,(H2,23,24,27,28). The molecule has 3 aromatic heterocycles. The zero-order chi connectivity index (χ0) is 23.2. The number of hydrogen-bond acceptors (Lipinski definition) is 10. The molecule has 3 aromatic rings. The monoisotopic (exact) mass is 470 g/mol. The van der Waals surface area contributed by atoms with E-state index in [-0.39, 0.29) is 11.8 Å². The Morgan fingerprint density at radius 2 is 1.94 bits per heavy atom. The minimum atomic E-state index is 0.0218. The molecule has 0 aromatic carbocycles. The highest BCUT2D eigenvalue weighted by atomic mass is 32.1. The first-order chi connectivity index (χ1) is 16.1. The molecule has 4 heterocycles. The second-order valence-corrected chi connectivity index (χ2v) is 9.17. The minimum Gasteiger partial charge on any atom is -0.383 e. The maximum atomic E-state index is 12.8. The van der Waals surface area contributed by atoms with Crippen molar-refractivity contribution in [1.82, 2.24) is 29.7 Å². The number of amides is 1. The topological polar surface area (TPSA) is 108 Å². The van der Waals surface area contributed by atoms with Gasteiger partial charge in [0, 0.05) is 77.3 Å². The predicted molar refractivity (Wildman–Crippen MR) is 130 cm³/mol. The lowest BCUT2D eigenvalue weighted by atomic mass is 9.97. The predicted octanol–water partition coefficient (Wildman–Crippen LogP) is 2.14. The van der Waals surface area contributed by atoms with Crippen LogP contribution in [0.2, 0.25) is 0 Å². The molecule has 1 aliphatic rings. The molecule has 0 bridgehead atoms. The number of aromatic nitrogens is 4. The van der Waals surface area contributed by atoms with E-state index in [1.165, 1.54) is 11.3 Å². The fourth-order valence-corrected chi connectivity index (χ4v) is 5.24. The third-order valence-electron chi connectivity index (χ3n) is 5.66. The molecule has 2 N–H and O–H groups in total. The van der Waals surface area contributed by atoms with Gasteiger partial charge in [0.1, 0.15) is 28.3 Å². The fraction of sp³-hybridized carbons (Fsp3) is 0.500. The number of nitrogens with zero attached hydrogens (tertiary/aromatic N) is 6. The molecule has 33 heavy (non-hydrogen) atoms. The first kappa shape index (κ1) is 23.3. The second kappa shape index (κ2) is 10.8. The number of hydrogen-bond donors (Lipinski definition) is 2. The average Bonchev–Trinajstić information content (AvgIpc) is 3.43. The SMILES string of the molecule is COCCNc1cc(NCCN2CCC(c3c(C(=O)N(C)C)sc4nccnc34)C2)ncn1. The Morgan fingerprint density at radius 3 is 2.70 bits per heavy atom. The fourth-order valence-electron chi connectivity index (χ4n) is 4.03. The number of methoxy groups -OCH3 is 1. The van der Waals surface area contributed by atoms with E-state index in [9.17, 15) is 4.79 Å². The van der Waals surface area contributed by atoms with Gasteiger partial charge in [0.2, 0.25) is 0 Å². The zero-order valence-electron chi connectivity index (χ0n) is 19.2. The molecule has 176 valence electrons. The number of thiophene rings is 1. The van der Waals surface area contributed by atoms with Crippen molar-refractivity contribution in [2.24, 2.45) is 0 Å². The van der Waals surface area contributed by atoms with Crippen molar-refractivity contribution in [1.29, 1.82) is 0 Å². The van der Waals surface area contributed by atoms with Gasteiger partial charge in [0.05, 0.1) is 11.5 Å². The Balaban J connectivity index is 1.37. The van der Waals surface area contributed by atoms with Crippen molar-refractivity contribution < 1.29 is 9.53 Å². The largest absolute Gasteiger partial charge is 0.383 e. The maximum Gasteiger partial charge on any atom is 0.263 e. The summed E-state index contributed by atoms with van der Waals surface area (Å²) in [5, 5.41) is 6.59. The van der Waals surface area contributed by atoms with Crippen LogP contribution in [0.25, 0.3) is 10.3 Å². The molecule has 1 fully saturated rings. The van der Waals surface area contributed by atoms with E-state index in [4.69, 9.17) is 4.74 Å². The summed E-state index contributed by atoms with van der Waals surface area (Å²) in [7, 11) is 5.25. The van der Waals surface area contributed by atoms with Crippen molar-refractivity contribution in [3.63, 3.8) is 0 Å². The highest BCUT2D eigenvalue weighted by molar-refractivity contribution is 7.20. The van der Waals surface area contributed by atoms with Crippen LogP contribution in [-0.4, -0.2) is 96.2 Å². The molecule has 0 radical (unpaired) electrons. The maximum absolute atomic E-state index is 12.8. The Bertz CT molecular complexity index is 1090. The smallest absolute Gasteiger partial charge is 0.263 e. The van der Waals surface area contributed by atoms with Crippen LogP contribution in [-0.2, 0) is 4.74 Å². The third kappa shape index (κ3) is 5.55. The Labute approximate surface area is 197 Å². The lowest BCUT2D eigenvalue weighted by Crippen LogP contribution is -2.27. The molecule has 0 aliphatic carbocycles. The quantitative estimate of drug-likeness (QED) is 0.431. The number of fused-ring (bicyclic) bond motifs is 1. The third-order valence-corrected chi connectivity index (χ3v) is 6.75. The van der Waals surface area contributed by atoms with E-state index in [0.29, 0.717) is 13.2 Å². The van der Waals surface area contributed by atoms with Crippen LogP contribution in [0.1, 0.15) is 27.6 Å². The molecule has 10 nitrogen and oxygen atoms in total. The highest BCUT2D eigenvalue weighted by Crippen LogP contribution is 2.38. The summed E-state index contributed by atoms with van der Waals surface area (Å²) in [6.45, 7) is 4.85. The van der Waals surface area contributed by atoms with Crippen LogP contribution in [0.15, 0.2) is 24.8 Å². The first-order valence-electron chi connectivity index (χ1n) is 11.0. The molecular weight excluding hydrogens is 440 g/mol. The van der Waals surface area contributed by atoms with E-state index >= 15 is 0 Å². The Morgan fingerprint density at radius 1 is 1.18 bits per heavy atom. The van der Waals surface area contributed by atoms with E-state index in [1.54, 1.807) is 44.8 Å². The zero-order valence-corrected chi connectivity index (χ0v) is 20.1. The molecular formula is C22H30N8O2S. The van der Waals surface area contributed by atoms with Crippen molar-refractivity contribution >= 4 is 39.2 Å². The summed E-state index contributed by atoms with van der Waals surface area (Å²) >= 11 is 1.45. The summed E-state index contributed by atoms with van der Waals surface area (Å²) in [4.78, 5) is 36.0. The lowest BCUT2D eigenvalue weighted by molar-refractivity contribution is 0.0831. The van der Waals surface area contributed by atoms with Gasteiger partial charge < -0.3 is 25.2 Å². The molecule has 1 atom stereocenters. The van der Waals surface area contributed by atoms with Crippen molar-refractivity contribution in [2.45, 2.75) is 12.3 Å². The minimum absolute atomic E-state index is 0.0218. The van der Waals surface area contributed by atoms with Crippen LogP contribution in [0.3, 0.4) is 0 Å². The molecule has 0 saturated carbocycles. The molecule has 11 heteroatoms. The number of carbonyl (C=O) groups is 1. The summed E-state index contributed by atoms with van der Waals surface area (Å²) in [5.41, 5.74) is 1.92. The number of anilines is 2. The van der Waals surface area contributed by atoms with Crippen molar-refractivity contribution in [2.75, 3.05) is 71.2 Å². The van der Waals surface area contributed by atoms with E-state index in [1.807, 2.05) is 6.07 Å². The Kier molecular flexibility index (Phi) is 7.63. The summed E-state index contributed by atoms with van der Waals surface area (Å²) in [5.74, 6) is 1.85. The van der Waals surface area contributed by atoms with Crippen LogP contribution in [0, 0.1) is 0 Å². The normalized spacial score (nSPS) is 16.3. The van der Waals surface area contributed by atoms with Gasteiger partial charge in [-0.25, -0.2) is 15.0 Å². The molecule has 1 amide bonds. The van der Waals surface area contributed by atoms with Gasteiger partial charge >= 0.3 is 0 Å². The lowest BCUT2D eigenvalue weighted by Gasteiger charge is -2.18. The summed E-state index contributed by atoms with van der Waals surface area (Å²) < 4.78 is 5.05. The molecule has 1 saturated heterocycles. The van der Waals surface area contributed by atoms with E-state index in [0.717, 1.165) is 65.0 Å². The first-order valence-corrected chi connectivity index (χ1v) is 11.8. The van der Waals surface area contributed by atoms with Gasteiger partial charge in [-0.1, -0.05) is 0 Å². The number of carbonyl (C=O) groups excluding carboxylic acids is 1. The van der Waals surface area contributed by atoms with E-state index in [2.05, 4.69) is 35.5 Å². The van der Waals surface area contributed by atoms with Gasteiger partial charge in [0.25, 0.3) is 5.91 Å². The molecule has 0 spiro atoms. The number of nitrogens with one attached hydrogen (secondary N) is 2. The Hall–Kier alpha value is -2.89. The van der Waals surface area contributed by atoms with Crippen molar-refractivity contribution in [3.8, 4) is 0 Å².